The zero-order valence-electron chi connectivity index (χ0n) is 11.6. The fraction of sp³-hybridized carbons (Fsp3) is 1.00. The van der Waals surface area contributed by atoms with E-state index in [0.717, 1.165) is 32.2 Å². The lowest BCUT2D eigenvalue weighted by atomic mass is 10.1. The molecule has 0 aliphatic carbocycles. The molecular weight excluding hydrogens is 248 g/mol. The maximum absolute atomic E-state index is 11.8. The van der Waals surface area contributed by atoms with Crippen LogP contribution in [0.3, 0.4) is 0 Å². The second kappa shape index (κ2) is 8.88. The SMILES string of the molecule is CCCCCCCCNS(=O)(=O)CC1CCCN1. The van der Waals surface area contributed by atoms with Crippen molar-refractivity contribution in [2.24, 2.45) is 0 Å². The molecule has 108 valence electrons. The highest BCUT2D eigenvalue weighted by molar-refractivity contribution is 7.89. The molecule has 4 nitrogen and oxygen atoms in total. The molecular formula is C13H28N2O2S. The lowest BCUT2D eigenvalue weighted by molar-refractivity contribution is 0.554. The van der Waals surface area contributed by atoms with Gasteiger partial charge in [-0.3, -0.25) is 0 Å². The molecule has 0 spiro atoms. The van der Waals surface area contributed by atoms with E-state index < -0.39 is 10.0 Å². The first-order chi connectivity index (χ1) is 8.64. The minimum Gasteiger partial charge on any atom is -0.313 e. The Kier molecular flexibility index (Phi) is 7.86. The third kappa shape index (κ3) is 7.34. The lowest BCUT2D eigenvalue weighted by Gasteiger charge is -2.11. The zero-order chi connectivity index (χ0) is 13.3. The molecule has 1 atom stereocenters. The number of hydrogen-bond acceptors (Lipinski definition) is 3. The number of rotatable bonds is 10. The Morgan fingerprint density at radius 3 is 2.56 bits per heavy atom. The van der Waals surface area contributed by atoms with Crippen LogP contribution in [0.5, 0.6) is 0 Å². The Labute approximate surface area is 112 Å². The van der Waals surface area contributed by atoms with Gasteiger partial charge in [0.05, 0.1) is 5.75 Å². The van der Waals surface area contributed by atoms with Gasteiger partial charge < -0.3 is 5.32 Å². The maximum Gasteiger partial charge on any atom is 0.213 e. The Hall–Kier alpha value is -0.130. The molecule has 1 heterocycles. The summed E-state index contributed by atoms with van der Waals surface area (Å²) in [6.45, 7) is 3.75. The van der Waals surface area contributed by atoms with Crippen molar-refractivity contribution < 1.29 is 8.42 Å². The van der Waals surface area contributed by atoms with Gasteiger partial charge in [0, 0.05) is 12.6 Å². The van der Waals surface area contributed by atoms with Crippen LogP contribution in [0.4, 0.5) is 0 Å². The van der Waals surface area contributed by atoms with Gasteiger partial charge in [-0.05, 0) is 25.8 Å². The first-order valence-corrected chi connectivity index (χ1v) is 9.00. The van der Waals surface area contributed by atoms with Crippen molar-refractivity contribution >= 4 is 10.0 Å². The fourth-order valence-electron chi connectivity index (χ4n) is 2.36. The topological polar surface area (TPSA) is 58.2 Å². The molecule has 1 rings (SSSR count). The predicted molar refractivity (Wildman–Crippen MR) is 76.2 cm³/mol. The van der Waals surface area contributed by atoms with Gasteiger partial charge in [-0.2, -0.15) is 0 Å². The second-order valence-electron chi connectivity index (χ2n) is 5.24. The minimum atomic E-state index is -3.07. The van der Waals surface area contributed by atoms with Crippen molar-refractivity contribution in [3.8, 4) is 0 Å². The van der Waals surface area contributed by atoms with Gasteiger partial charge in [0.1, 0.15) is 0 Å². The summed E-state index contributed by atoms with van der Waals surface area (Å²) in [5.41, 5.74) is 0. The Bertz CT molecular complexity index is 298. The molecule has 1 aliphatic heterocycles. The molecule has 0 aromatic carbocycles. The van der Waals surface area contributed by atoms with Crippen LogP contribution in [0, 0.1) is 0 Å². The smallest absolute Gasteiger partial charge is 0.213 e. The number of hydrogen-bond donors (Lipinski definition) is 2. The summed E-state index contributed by atoms with van der Waals surface area (Å²) in [5.74, 6) is 0.239. The van der Waals surface area contributed by atoms with Crippen LogP contribution in [0.2, 0.25) is 0 Å². The summed E-state index contributed by atoms with van der Waals surface area (Å²) < 4.78 is 26.3. The number of unbranched alkanes of at least 4 members (excludes halogenated alkanes) is 5. The van der Waals surface area contributed by atoms with Crippen LogP contribution in [-0.4, -0.2) is 33.3 Å². The molecule has 0 saturated carbocycles. The van der Waals surface area contributed by atoms with E-state index in [1.54, 1.807) is 0 Å². The van der Waals surface area contributed by atoms with Gasteiger partial charge in [0.15, 0.2) is 0 Å². The molecule has 0 aromatic rings. The summed E-state index contributed by atoms with van der Waals surface area (Å²) in [6, 6.07) is 0.159. The van der Waals surface area contributed by atoms with Gasteiger partial charge in [-0.25, -0.2) is 13.1 Å². The summed E-state index contributed by atoms with van der Waals surface area (Å²) in [6.07, 6.45) is 9.20. The largest absolute Gasteiger partial charge is 0.313 e. The van der Waals surface area contributed by atoms with Crippen LogP contribution >= 0.6 is 0 Å². The third-order valence-electron chi connectivity index (χ3n) is 3.44. The highest BCUT2D eigenvalue weighted by Gasteiger charge is 2.21. The summed E-state index contributed by atoms with van der Waals surface area (Å²) >= 11 is 0. The molecule has 1 fully saturated rings. The van der Waals surface area contributed by atoms with Crippen molar-refractivity contribution in [2.75, 3.05) is 18.8 Å². The van der Waals surface area contributed by atoms with E-state index in [-0.39, 0.29) is 11.8 Å². The molecule has 1 saturated heterocycles. The monoisotopic (exact) mass is 276 g/mol. The fourth-order valence-corrected chi connectivity index (χ4v) is 3.74. The lowest BCUT2D eigenvalue weighted by Crippen LogP contribution is -2.36. The molecule has 0 bridgehead atoms. The third-order valence-corrected chi connectivity index (χ3v) is 4.92. The van der Waals surface area contributed by atoms with Crippen LogP contribution < -0.4 is 10.0 Å². The molecule has 0 aromatic heterocycles. The van der Waals surface area contributed by atoms with Gasteiger partial charge in [-0.15, -0.1) is 0 Å². The minimum absolute atomic E-state index is 0.159. The number of nitrogens with one attached hydrogen (secondary N) is 2. The molecule has 1 unspecified atom stereocenters. The Morgan fingerprint density at radius 1 is 1.17 bits per heavy atom. The molecule has 2 N–H and O–H groups in total. The van der Waals surface area contributed by atoms with Crippen molar-refractivity contribution in [2.45, 2.75) is 64.3 Å². The summed E-state index contributed by atoms with van der Waals surface area (Å²) in [7, 11) is -3.07. The van der Waals surface area contributed by atoms with Crippen LogP contribution in [-0.2, 0) is 10.0 Å². The summed E-state index contributed by atoms with van der Waals surface area (Å²) in [5, 5.41) is 3.22. The standard InChI is InChI=1S/C13H28N2O2S/c1-2-3-4-5-6-7-11-15-18(16,17)12-13-9-8-10-14-13/h13-15H,2-12H2,1H3. The van der Waals surface area contributed by atoms with Crippen molar-refractivity contribution in [1.29, 1.82) is 0 Å². The first-order valence-electron chi connectivity index (χ1n) is 7.35. The van der Waals surface area contributed by atoms with E-state index in [9.17, 15) is 8.42 Å². The highest BCUT2D eigenvalue weighted by atomic mass is 32.2. The average Bonchev–Trinajstić information content (AvgIpc) is 2.80. The van der Waals surface area contributed by atoms with E-state index in [2.05, 4.69) is 17.0 Å². The second-order valence-corrected chi connectivity index (χ2v) is 7.09. The molecule has 0 amide bonds. The van der Waals surface area contributed by atoms with Crippen LogP contribution in [0.1, 0.15) is 58.3 Å². The normalized spacial score (nSPS) is 20.4. The number of sulfonamides is 1. The van der Waals surface area contributed by atoms with E-state index in [1.165, 1.54) is 25.7 Å². The first kappa shape index (κ1) is 15.9. The molecule has 0 radical (unpaired) electrons. The van der Waals surface area contributed by atoms with Crippen molar-refractivity contribution in [3.63, 3.8) is 0 Å². The zero-order valence-corrected chi connectivity index (χ0v) is 12.4. The molecule has 5 heteroatoms. The van der Waals surface area contributed by atoms with Gasteiger partial charge in [0.2, 0.25) is 10.0 Å². The van der Waals surface area contributed by atoms with Gasteiger partial charge in [0.25, 0.3) is 0 Å². The maximum atomic E-state index is 11.8. The Morgan fingerprint density at radius 2 is 1.89 bits per heavy atom. The Balaban J connectivity index is 2.02. The van der Waals surface area contributed by atoms with Crippen LogP contribution in [0.15, 0.2) is 0 Å². The predicted octanol–water partition coefficient (Wildman–Crippen LogP) is 2.02. The van der Waals surface area contributed by atoms with E-state index in [4.69, 9.17) is 0 Å². The summed E-state index contributed by atoms with van der Waals surface area (Å²) in [4.78, 5) is 0. The molecule has 18 heavy (non-hydrogen) atoms. The van der Waals surface area contributed by atoms with Gasteiger partial charge >= 0.3 is 0 Å². The van der Waals surface area contributed by atoms with Gasteiger partial charge in [-0.1, -0.05) is 39.0 Å². The van der Waals surface area contributed by atoms with Crippen LogP contribution in [0.25, 0.3) is 0 Å². The quantitative estimate of drug-likeness (QED) is 0.600. The van der Waals surface area contributed by atoms with E-state index in [0.29, 0.717) is 6.54 Å². The van der Waals surface area contributed by atoms with E-state index in [1.807, 2.05) is 0 Å². The van der Waals surface area contributed by atoms with Crippen molar-refractivity contribution in [1.82, 2.24) is 10.0 Å². The van der Waals surface area contributed by atoms with E-state index >= 15 is 0 Å². The van der Waals surface area contributed by atoms with Crippen molar-refractivity contribution in [3.05, 3.63) is 0 Å². The molecule has 1 aliphatic rings. The average molecular weight is 276 g/mol. The highest BCUT2D eigenvalue weighted by Crippen LogP contribution is 2.07.